The second kappa shape index (κ2) is 15.9. The van der Waals surface area contributed by atoms with Crippen LogP contribution in [0.25, 0.3) is 0 Å². The van der Waals surface area contributed by atoms with Crippen LogP contribution in [-0.2, 0) is 61.8 Å². The average Bonchev–Trinajstić information content (AvgIpc) is 3.49. The summed E-state index contributed by atoms with van der Waals surface area (Å²) in [5.41, 5.74) is 0. The predicted molar refractivity (Wildman–Crippen MR) is 142 cm³/mol. The Labute approximate surface area is 242 Å². The smallest absolute Gasteiger partial charge is 0.302 e. The lowest BCUT2D eigenvalue weighted by molar-refractivity contribution is -0.220. The summed E-state index contributed by atoms with van der Waals surface area (Å²) in [6.07, 6.45) is -4.70. The number of Topliss-reactive ketones (excluding diaryl/α,β-unsaturated/α-hetero) is 1. The Morgan fingerprint density at radius 2 is 1.34 bits per heavy atom. The van der Waals surface area contributed by atoms with Gasteiger partial charge in [0.15, 0.2) is 42.1 Å². The molecule has 4 rings (SSSR count). The van der Waals surface area contributed by atoms with Crippen molar-refractivity contribution in [1.82, 2.24) is 0 Å². The molecular formula is C27H48O14. The molecule has 4 heterocycles. The number of aliphatic hydroxyl groups excluding tert-OH is 1. The second-order valence-electron chi connectivity index (χ2n) is 10.3. The summed E-state index contributed by atoms with van der Waals surface area (Å²) in [5, 5.41) is 9.88. The minimum atomic E-state index is -0.842. The Morgan fingerprint density at radius 3 is 1.78 bits per heavy atom. The van der Waals surface area contributed by atoms with Gasteiger partial charge < -0.3 is 47.7 Å². The van der Waals surface area contributed by atoms with Crippen LogP contribution >= 0.6 is 0 Å². The van der Waals surface area contributed by atoms with E-state index >= 15 is 0 Å². The molecule has 0 aromatic carbocycles. The Balaban J connectivity index is 0.000000617. The first-order chi connectivity index (χ1) is 18.9. The summed E-state index contributed by atoms with van der Waals surface area (Å²) in [7, 11) is 0. The molecule has 41 heavy (non-hydrogen) atoms. The normalized spacial score (nSPS) is 31.7. The summed E-state index contributed by atoms with van der Waals surface area (Å²) in [4.78, 5) is 43.0. The fraction of sp³-hybridized carbons (Fsp3) is 0.852. The summed E-state index contributed by atoms with van der Waals surface area (Å²) in [6, 6.07) is 0. The summed E-state index contributed by atoms with van der Waals surface area (Å²) < 4.78 is 46.5. The van der Waals surface area contributed by atoms with Gasteiger partial charge in [0.2, 0.25) is 0 Å². The molecule has 240 valence electrons. The topological polar surface area (TPSA) is 172 Å². The summed E-state index contributed by atoms with van der Waals surface area (Å²) in [5.74, 6) is -2.86. The van der Waals surface area contributed by atoms with Gasteiger partial charge in [-0.15, -0.1) is 0 Å². The van der Waals surface area contributed by atoms with Crippen molar-refractivity contribution in [3.63, 3.8) is 0 Å². The number of ether oxygens (including phenoxy) is 9. The summed E-state index contributed by atoms with van der Waals surface area (Å²) in [6.45, 7) is 18.5. The number of aliphatic hydroxyl groups is 1. The number of esters is 3. The van der Waals surface area contributed by atoms with Crippen LogP contribution in [0.15, 0.2) is 0 Å². The van der Waals surface area contributed by atoms with Gasteiger partial charge in [0.1, 0.15) is 31.5 Å². The fourth-order valence-electron chi connectivity index (χ4n) is 3.98. The van der Waals surface area contributed by atoms with Crippen molar-refractivity contribution < 1.29 is 68.3 Å². The lowest BCUT2D eigenvalue weighted by atomic mass is 10.1. The highest BCUT2D eigenvalue weighted by Crippen LogP contribution is 2.37. The van der Waals surface area contributed by atoms with Crippen molar-refractivity contribution in [3.05, 3.63) is 0 Å². The molecule has 7 atom stereocenters. The van der Waals surface area contributed by atoms with Crippen LogP contribution in [0, 0.1) is 0 Å². The number of carbonyl (C=O) groups is 4. The van der Waals surface area contributed by atoms with E-state index in [4.69, 9.17) is 37.9 Å². The fourth-order valence-corrected chi connectivity index (χ4v) is 3.98. The van der Waals surface area contributed by atoms with Crippen LogP contribution in [0.5, 0.6) is 0 Å². The first kappa shape index (κ1) is 36.8. The molecule has 0 aromatic heterocycles. The zero-order valence-corrected chi connectivity index (χ0v) is 25.8. The molecule has 1 N–H and O–H groups in total. The highest BCUT2D eigenvalue weighted by atomic mass is 16.8. The lowest BCUT2D eigenvalue weighted by Crippen LogP contribution is -2.36. The van der Waals surface area contributed by atoms with Gasteiger partial charge in [-0.3, -0.25) is 19.2 Å². The highest BCUT2D eigenvalue weighted by molar-refractivity contribution is 5.90. The Morgan fingerprint density at radius 1 is 0.829 bits per heavy atom. The van der Waals surface area contributed by atoms with Gasteiger partial charge >= 0.3 is 17.9 Å². The third-order valence-corrected chi connectivity index (χ3v) is 5.36. The molecule has 0 bridgehead atoms. The molecule has 0 aromatic rings. The second-order valence-corrected chi connectivity index (χ2v) is 10.3. The van der Waals surface area contributed by atoms with E-state index in [0.717, 1.165) is 0 Å². The van der Waals surface area contributed by atoms with Gasteiger partial charge in [0.05, 0.1) is 6.10 Å². The van der Waals surface area contributed by atoms with Gasteiger partial charge in [-0.1, -0.05) is 13.8 Å². The minimum absolute atomic E-state index is 0. The molecule has 2 unspecified atom stereocenters. The van der Waals surface area contributed by atoms with Crippen molar-refractivity contribution in [2.75, 3.05) is 13.2 Å². The largest absolute Gasteiger partial charge is 0.463 e. The van der Waals surface area contributed by atoms with E-state index in [1.807, 2.05) is 27.7 Å². The Kier molecular flexibility index (Phi) is 14.3. The van der Waals surface area contributed by atoms with Crippen molar-refractivity contribution in [2.45, 2.75) is 137 Å². The van der Waals surface area contributed by atoms with E-state index in [9.17, 15) is 24.3 Å². The number of carbonyl (C=O) groups excluding carboxylic acids is 4. The third kappa shape index (κ3) is 11.9. The standard InChI is InChI=1S/C10H16O6.C10H14O6.C5H10O2.C2H6.H2/c2*1-5(11)13-4-6-7(12)8-9(14-6)16-10(2,3)15-8;1-4(2)7-5(3)6;1-2;/h6-9,12H,4H2,1-3H3;6,8-9H,4H2,1-3H3;4H,1-3H3;1-2H3;1H/t6-,7-,8-,9?;6-,8-,9?;;;/m11.../s1. The molecule has 14 heteroatoms. The van der Waals surface area contributed by atoms with E-state index in [1.165, 1.54) is 20.8 Å². The van der Waals surface area contributed by atoms with E-state index < -0.39 is 66.6 Å². The van der Waals surface area contributed by atoms with Crippen LogP contribution in [0.3, 0.4) is 0 Å². The molecule has 0 amide bonds. The maximum atomic E-state index is 11.8. The maximum absolute atomic E-state index is 11.8. The number of hydrogen-bond acceptors (Lipinski definition) is 14. The summed E-state index contributed by atoms with van der Waals surface area (Å²) >= 11 is 0. The molecule has 4 aliphatic rings. The molecule has 0 spiro atoms. The van der Waals surface area contributed by atoms with E-state index in [1.54, 1.807) is 27.7 Å². The molecular weight excluding hydrogens is 548 g/mol. The predicted octanol–water partition coefficient (Wildman–Crippen LogP) is 2.01. The first-order valence-electron chi connectivity index (χ1n) is 13.6. The number of rotatable bonds is 5. The first-order valence-corrected chi connectivity index (χ1v) is 13.6. The average molecular weight is 597 g/mol. The molecule has 4 aliphatic heterocycles. The number of ketones is 1. The van der Waals surface area contributed by atoms with Gasteiger partial charge in [-0.05, 0) is 41.5 Å². The van der Waals surface area contributed by atoms with Gasteiger partial charge in [-0.25, -0.2) is 0 Å². The van der Waals surface area contributed by atoms with E-state index in [-0.39, 0.29) is 32.5 Å². The van der Waals surface area contributed by atoms with Crippen molar-refractivity contribution in [2.24, 2.45) is 0 Å². The third-order valence-electron chi connectivity index (χ3n) is 5.36. The van der Waals surface area contributed by atoms with Crippen LogP contribution in [0.4, 0.5) is 0 Å². The monoisotopic (exact) mass is 596 g/mol. The molecule has 0 saturated carbocycles. The molecule has 4 saturated heterocycles. The van der Waals surface area contributed by atoms with Crippen molar-refractivity contribution in [3.8, 4) is 0 Å². The lowest BCUT2D eigenvalue weighted by Gasteiger charge is -2.22. The molecule has 14 nitrogen and oxygen atoms in total. The number of hydrogen-bond donors (Lipinski definition) is 1. The van der Waals surface area contributed by atoms with Gasteiger partial charge in [0, 0.05) is 22.2 Å². The number of fused-ring (bicyclic) bond motifs is 2. The van der Waals surface area contributed by atoms with Gasteiger partial charge in [0.25, 0.3) is 0 Å². The zero-order chi connectivity index (χ0) is 31.7. The minimum Gasteiger partial charge on any atom is -0.463 e. The van der Waals surface area contributed by atoms with E-state index in [2.05, 4.69) is 4.74 Å². The Hall–Kier alpha value is -2.20. The van der Waals surface area contributed by atoms with Crippen LogP contribution in [0.2, 0.25) is 0 Å². The van der Waals surface area contributed by atoms with E-state index in [0.29, 0.717) is 0 Å². The molecule has 4 fully saturated rings. The van der Waals surface area contributed by atoms with Gasteiger partial charge in [-0.2, -0.15) is 0 Å². The van der Waals surface area contributed by atoms with Crippen LogP contribution in [0.1, 0.15) is 77.6 Å². The SMILES string of the molecule is CC.CC(=O)OC(C)C.CC(=O)OC[C@H]1OC2OC(C)(C)O[C@@H]2C1=O.CC(=O)OC[C@H]1OC2OC(C)(C)O[C@@H]2[C@@H]1O.[HH]. The van der Waals surface area contributed by atoms with Crippen LogP contribution in [-0.4, -0.2) is 103 Å². The quantitative estimate of drug-likeness (QED) is 0.361. The van der Waals surface area contributed by atoms with Crippen LogP contribution < -0.4 is 0 Å². The zero-order valence-electron chi connectivity index (χ0n) is 25.8. The van der Waals surface area contributed by atoms with Crippen molar-refractivity contribution in [1.29, 1.82) is 0 Å². The maximum Gasteiger partial charge on any atom is 0.302 e. The molecule has 0 aliphatic carbocycles. The molecule has 0 radical (unpaired) electrons. The highest BCUT2D eigenvalue weighted by Gasteiger charge is 2.55. The van der Waals surface area contributed by atoms with Crippen molar-refractivity contribution >= 4 is 23.7 Å². The Bertz CT molecular complexity index is 892.